The van der Waals surface area contributed by atoms with Crippen LogP contribution in [-0.4, -0.2) is 31.2 Å². The average Bonchev–Trinajstić information content (AvgIpc) is 3.22. The molecule has 6 heteroatoms. The highest BCUT2D eigenvalue weighted by molar-refractivity contribution is 5.85. The van der Waals surface area contributed by atoms with Gasteiger partial charge in [0.2, 0.25) is 5.91 Å². The lowest BCUT2D eigenvalue weighted by molar-refractivity contribution is -0.145. The van der Waals surface area contributed by atoms with Gasteiger partial charge < -0.3 is 10.1 Å². The molecule has 0 spiro atoms. The Kier molecular flexibility index (Phi) is 4.22. The lowest BCUT2D eigenvalue weighted by Gasteiger charge is -2.16. The second kappa shape index (κ2) is 6.08. The summed E-state index contributed by atoms with van der Waals surface area (Å²) in [6.45, 7) is 0. The fraction of sp³-hybridized carbons (Fsp3) is 0.385. The number of esters is 1. The Morgan fingerprint density at radius 2 is 2.00 bits per heavy atom. The van der Waals surface area contributed by atoms with Crippen molar-refractivity contribution in [3.63, 3.8) is 0 Å². The first-order valence-electron chi connectivity index (χ1n) is 6.00. The normalized spacial score (nSPS) is 14.8. The zero-order valence-corrected chi connectivity index (χ0v) is 10.6. The van der Waals surface area contributed by atoms with E-state index in [1.54, 1.807) is 0 Å². The van der Waals surface area contributed by atoms with Crippen LogP contribution in [-0.2, 0) is 20.7 Å². The molecule has 1 aromatic rings. The molecule has 1 aliphatic heterocycles. The first-order valence-corrected chi connectivity index (χ1v) is 6.00. The van der Waals surface area contributed by atoms with Gasteiger partial charge in [-0.15, -0.1) is 0 Å². The zero-order chi connectivity index (χ0) is 13.7. The van der Waals surface area contributed by atoms with E-state index in [0.717, 1.165) is 5.56 Å². The maximum absolute atomic E-state index is 11.7. The van der Waals surface area contributed by atoms with Crippen molar-refractivity contribution < 1.29 is 14.3 Å². The van der Waals surface area contributed by atoms with Crippen molar-refractivity contribution in [1.29, 1.82) is 0 Å². The van der Waals surface area contributed by atoms with Gasteiger partial charge in [0.05, 0.1) is 13.5 Å². The maximum atomic E-state index is 11.7. The Morgan fingerprint density at radius 3 is 2.58 bits per heavy atom. The van der Waals surface area contributed by atoms with Gasteiger partial charge in [0, 0.05) is 6.42 Å². The number of hydrogen-bond acceptors (Lipinski definition) is 5. The van der Waals surface area contributed by atoms with Crippen LogP contribution in [0.2, 0.25) is 0 Å². The third kappa shape index (κ3) is 4.17. The van der Waals surface area contributed by atoms with E-state index in [-0.39, 0.29) is 18.5 Å². The van der Waals surface area contributed by atoms with Crippen molar-refractivity contribution in [2.75, 3.05) is 7.11 Å². The fourth-order valence-corrected chi connectivity index (χ4v) is 1.73. The molecule has 0 aliphatic carbocycles. The Morgan fingerprint density at radius 1 is 1.32 bits per heavy atom. The van der Waals surface area contributed by atoms with E-state index < -0.39 is 12.0 Å². The van der Waals surface area contributed by atoms with E-state index in [0.29, 0.717) is 6.42 Å². The van der Waals surface area contributed by atoms with Crippen LogP contribution in [0, 0.1) is 0 Å². The summed E-state index contributed by atoms with van der Waals surface area (Å²) in [5.41, 5.74) is 0.957. The molecule has 2 rings (SSSR count). The minimum atomic E-state index is -0.682. The van der Waals surface area contributed by atoms with Crippen LogP contribution in [0.3, 0.4) is 0 Å². The number of nitrogens with one attached hydrogen (secondary N) is 1. The summed E-state index contributed by atoms with van der Waals surface area (Å²) in [5.74, 6) is -0.705. The van der Waals surface area contributed by atoms with Crippen LogP contribution in [0.1, 0.15) is 12.0 Å². The Balaban J connectivity index is 1.94. The summed E-state index contributed by atoms with van der Waals surface area (Å²) in [4.78, 5) is 23.3. The molecule has 0 fully saturated rings. The van der Waals surface area contributed by atoms with Crippen molar-refractivity contribution in [2.24, 2.45) is 10.2 Å². The van der Waals surface area contributed by atoms with Gasteiger partial charge in [-0.3, -0.25) is 4.79 Å². The van der Waals surface area contributed by atoms with Crippen molar-refractivity contribution >= 4 is 11.9 Å². The summed E-state index contributed by atoms with van der Waals surface area (Å²) >= 11 is 0. The number of carbonyl (C=O) groups excluding carboxylic acids is 2. The molecule has 19 heavy (non-hydrogen) atoms. The summed E-state index contributed by atoms with van der Waals surface area (Å²) in [5, 5.41) is 9.95. The number of carbonyl (C=O) groups is 2. The number of methoxy groups -OCH3 is 1. The van der Waals surface area contributed by atoms with Gasteiger partial charge in [0.15, 0.2) is 6.17 Å². The highest BCUT2D eigenvalue weighted by atomic mass is 16.5. The second-order valence-electron chi connectivity index (χ2n) is 4.25. The fourth-order valence-electron chi connectivity index (χ4n) is 1.73. The van der Waals surface area contributed by atoms with E-state index in [2.05, 4.69) is 15.5 Å². The van der Waals surface area contributed by atoms with Gasteiger partial charge in [0.25, 0.3) is 0 Å². The van der Waals surface area contributed by atoms with E-state index in [9.17, 15) is 9.59 Å². The highest BCUT2D eigenvalue weighted by Gasteiger charge is 2.25. The molecule has 100 valence electrons. The number of benzene rings is 1. The third-order valence-corrected chi connectivity index (χ3v) is 2.75. The first-order chi connectivity index (χ1) is 9.19. The van der Waals surface area contributed by atoms with E-state index >= 15 is 0 Å². The monoisotopic (exact) mass is 261 g/mol. The molecule has 0 bridgehead atoms. The quantitative estimate of drug-likeness (QED) is 0.778. The van der Waals surface area contributed by atoms with Gasteiger partial charge in [-0.05, 0) is 5.56 Å². The Labute approximate surface area is 110 Å². The number of hydrogen-bond donors (Lipinski definition) is 1. The van der Waals surface area contributed by atoms with Gasteiger partial charge in [-0.2, -0.15) is 10.2 Å². The average molecular weight is 261 g/mol. The summed E-state index contributed by atoms with van der Waals surface area (Å²) in [6, 6.07) is 8.77. The van der Waals surface area contributed by atoms with Crippen LogP contribution < -0.4 is 5.32 Å². The van der Waals surface area contributed by atoms with Crippen LogP contribution in [0.4, 0.5) is 0 Å². The van der Waals surface area contributed by atoms with Crippen molar-refractivity contribution in [2.45, 2.75) is 25.0 Å². The van der Waals surface area contributed by atoms with Crippen LogP contribution in [0.25, 0.3) is 0 Å². The summed E-state index contributed by atoms with van der Waals surface area (Å²) < 4.78 is 4.71. The molecule has 0 aromatic heterocycles. The van der Waals surface area contributed by atoms with Crippen molar-refractivity contribution in [1.82, 2.24) is 5.32 Å². The predicted octanol–water partition coefficient (Wildman–Crippen LogP) is 1.07. The SMILES string of the molecule is COC(=O)[C@H](Cc1ccccc1)NC(=O)CC1N=N1. The molecule has 1 amide bonds. The largest absolute Gasteiger partial charge is 0.467 e. The lowest BCUT2D eigenvalue weighted by atomic mass is 10.1. The molecule has 1 aromatic carbocycles. The molecule has 1 heterocycles. The molecular weight excluding hydrogens is 246 g/mol. The zero-order valence-electron chi connectivity index (χ0n) is 10.6. The lowest BCUT2D eigenvalue weighted by Crippen LogP contribution is -2.43. The minimum Gasteiger partial charge on any atom is -0.467 e. The molecular formula is C13H15N3O3. The number of rotatable bonds is 6. The van der Waals surface area contributed by atoms with Gasteiger partial charge in [0.1, 0.15) is 6.04 Å². The smallest absolute Gasteiger partial charge is 0.328 e. The molecule has 1 aliphatic rings. The molecule has 0 saturated carbocycles. The Bertz CT molecular complexity index is 481. The number of nitrogens with zero attached hydrogens (tertiary/aromatic N) is 2. The van der Waals surface area contributed by atoms with E-state index in [1.165, 1.54) is 7.11 Å². The van der Waals surface area contributed by atoms with Crippen LogP contribution >= 0.6 is 0 Å². The van der Waals surface area contributed by atoms with Crippen LogP contribution in [0.5, 0.6) is 0 Å². The molecule has 0 radical (unpaired) electrons. The van der Waals surface area contributed by atoms with Crippen molar-refractivity contribution in [3.05, 3.63) is 35.9 Å². The minimum absolute atomic E-state index is 0.183. The topological polar surface area (TPSA) is 80.1 Å². The Hall–Kier alpha value is -2.24. The second-order valence-corrected chi connectivity index (χ2v) is 4.25. The third-order valence-electron chi connectivity index (χ3n) is 2.75. The molecule has 0 saturated heterocycles. The maximum Gasteiger partial charge on any atom is 0.328 e. The van der Waals surface area contributed by atoms with Gasteiger partial charge in [-0.1, -0.05) is 30.3 Å². The standard InChI is InChI=1S/C13H15N3O3/c1-19-13(18)10(7-9-5-3-2-4-6-9)14-12(17)8-11-15-16-11/h2-6,10-11H,7-8H2,1H3,(H,14,17)/t10-/m0/s1. The number of ether oxygens (including phenoxy) is 1. The molecule has 1 atom stereocenters. The molecule has 1 N–H and O–H groups in total. The highest BCUT2D eigenvalue weighted by Crippen LogP contribution is 2.14. The first kappa shape index (κ1) is 13.2. The summed E-state index contributed by atoms with van der Waals surface area (Å²) in [7, 11) is 1.30. The molecule has 0 unspecified atom stereocenters. The van der Waals surface area contributed by atoms with E-state index in [1.807, 2.05) is 30.3 Å². The van der Waals surface area contributed by atoms with Crippen molar-refractivity contribution in [3.8, 4) is 0 Å². The van der Waals surface area contributed by atoms with Crippen LogP contribution in [0.15, 0.2) is 40.6 Å². The summed E-state index contributed by atoms with van der Waals surface area (Å²) in [6.07, 6.45) is 0.343. The van der Waals surface area contributed by atoms with Gasteiger partial charge >= 0.3 is 5.97 Å². The van der Waals surface area contributed by atoms with E-state index in [4.69, 9.17) is 4.74 Å². The predicted molar refractivity (Wildman–Crippen MR) is 67.4 cm³/mol. The van der Waals surface area contributed by atoms with Gasteiger partial charge in [-0.25, -0.2) is 4.79 Å². The number of amides is 1. The molecule has 6 nitrogen and oxygen atoms in total.